The van der Waals surface area contributed by atoms with Crippen LogP contribution in [-0.4, -0.2) is 11.2 Å². The van der Waals surface area contributed by atoms with Gasteiger partial charge in [0, 0.05) is 0 Å². The lowest BCUT2D eigenvalue weighted by atomic mass is 10.1. The van der Waals surface area contributed by atoms with Crippen LogP contribution < -0.4 is 5.11 Å². The summed E-state index contributed by atoms with van der Waals surface area (Å²) in [5.41, 5.74) is 0. The van der Waals surface area contributed by atoms with E-state index >= 15 is 0 Å². The van der Waals surface area contributed by atoms with Gasteiger partial charge < -0.3 is 9.90 Å². The molecule has 0 amide bonds. The molecule has 0 heterocycles. The molecule has 52 valence electrons. The maximum absolute atomic E-state index is 10.2. The number of carbonyl (C=O) groups excluding carboxylic acids is 2. The first-order valence-corrected chi connectivity index (χ1v) is 2.87. The van der Waals surface area contributed by atoms with Crippen LogP contribution in [0.1, 0.15) is 13.3 Å². The summed E-state index contributed by atoms with van der Waals surface area (Å²) in [6.07, 6.45) is 0.185. The van der Waals surface area contributed by atoms with Crippen LogP contribution in [0.15, 0.2) is 0 Å². The number of carbonyl (C=O) groups is 2. The van der Waals surface area contributed by atoms with Gasteiger partial charge in [0.1, 0.15) is 0 Å². The molecule has 0 N–H and O–H groups in total. The third kappa shape index (κ3) is 2.46. The molecular formula is C5H6ClO3-. The zero-order chi connectivity index (χ0) is 7.44. The second-order valence-corrected chi connectivity index (χ2v) is 1.96. The maximum Gasteiger partial charge on any atom is 0.230 e. The Bertz CT molecular complexity index is 118. The van der Waals surface area contributed by atoms with E-state index in [1.165, 1.54) is 0 Å². The summed E-state index contributed by atoms with van der Waals surface area (Å²) in [5, 5.41) is 9.09. The molecule has 0 aliphatic carbocycles. The average molecular weight is 150 g/mol. The molecule has 0 aromatic rings. The number of hydrogen-bond acceptors (Lipinski definition) is 3. The minimum absolute atomic E-state index is 0.185. The highest BCUT2D eigenvalue weighted by Gasteiger charge is 2.13. The monoisotopic (exact) mass is 149 g/mol. The van der Waals surface area contributed by atoms with Crippen LogP contribution in [0.3, 0.4) is 0 Å². The van der Waals surface area contributed by atoms with E-state index in [0.717, 1.165) is 0 Å². The van der Waals surface area contributed by atoms with E-state index in [1.54, 1.807) is 6.92 Å². The molecule has 0 aliphatic rings. The first-order chi connectivity index (χ1) is 4.09. The Morgan fingerprint density at radius 3 is 2.11 bits per heavy atom. The molecule has 0 bridgehead atoms. The lowest BCUT2D eigenvalue weighted by Crippen LogP contribution is -2.34. The normalized spacial score (nSPS) is 12.7. The molecule has 0 spiro atoms. The Morgan fingerprint density at radius 1 is 1.67 bits per heavy atom. The predicted molar refractivity (Wildman–Crippen MR) is 29.6 cm³/mol. The molecule has 0 saturated heterocycles. The van der Waals surface area contributed by atoms with Gasteiger partial charge in [0.05, 0.1) is 11.9 Å². The fourth-order valence-corrected chi connectivity index (χ4v) is 0.663. The van der Waals surface area contributed by atoms with Gasteiger partial charge >= 0.3 is 0 Å². The van der Waals surface area contributed by atoms with Crippen LogP contribution in [0.2, 0.25) is 0 Å². The van der Waals surface area contributed by atoms with Crippen molar-refractivity contribution in [1.82, 2.24) is 0 Å². The molecule has 0 fully saturated rings. The maximum atomic E-state index is 10.2. The van der Waals surface area contributed by atoms with Crippen LogP contribution in [-0.2, 0) is 9.59 Å². The van der Waals surface area contributed by atoms with Crippen molar-refractivity contribution in [3.8, 4) is 0 Å². The summed E-state index contributed by atoms with van der Waals surface area (Å²) >= 11 is 4.88. The summed E-state index contributed by atoms with van der Waals surface area (Å²) < 4.78 is 0. The van der Waals surface area contributed by atoms with Crippen molar-refractivity contribution in [2.45, 2.75) is 13.3 Å². The highest BCUT2D eigenvalue weighted by atomic mass is 35.5. The van der Waals surface area contributed by atoms with Gasteiger partial charge in [-0.2, -0.15) is 0 Å². The van der Waals surface area contributed by atoms with Gasteiger partial charge in [-0.25, -0.2) is 0 Å². The van der Waals surface area contributed by atoms with E-state index in [0.29, 0.717) is 0 Å². The Labute approximate surface area is 57.6 Å². The topological polar surface area (TPSA) is 57.2 Å². The van der Waals surface area contributed by atoms with Gasteiger partial charge in [-0.15, -0.1) is 0 Å². The second kappa shape index (κ2) is 3.45. The molecule has 0 saturated carbocycles. The van der Waals surface area contributed by atoms with E-state index in [-0.39, 0.29) is 6.42 Å². The van der Waals surface area contributed by atoms with Crippen LogP contribution in [0, 0.1) is 5.92 Å². The minimum atomic E-state index is -1.41. The van der Waals surface area contributed by atoms with Crippen molar-refractivity contribution in [1.29, 1.82) is 0 Å². The van der Waals surface area contributed by atoms with E-state index < -0.39 is 17.1 Å². The molecular weight excluding hydrogens is 144 g/mol. The zero-order valence-corrected chi connectivity index (χ0v) is 5.64. The first-order valence-electron chi connectivity index (χ1n) is 2.49. The van der Waals surface area contributed by atoms with Crippen LogP contribution in [0.25, 0.3) is 0 Å². The van der Waals surface area contributed by atoms with Crippen LogP contribution in [0.5, 0.6) is 0 Å². The Hall–Kier alpha value is -0.570. The van der Waals surface area contributed by atoms with Gasteiger partial charge in [0.2, 0.25) is 5.24 Å². The fraction of sp³-hybridized carbons (Fsp3) is 0.600. The fourth-order valence-electron chi connectivity index (χ4n) is 0.420. The highest BCUT2D eigenvalue weighted by molar-refractivity contribution is 6.65. The summed E-state index contributed by atoms with van der Waals surface area (Å²) in [5.74, 6) is -2.55. The number of halogens is 1. The third-order valence-electron chi connectivity index (χ3n) is 0.967. The molecule has 9 heavy (non-hydrogen) atoms. The van der Waals surface area contributed by atoms with Gasteiger partial charge in [-0.1, -0.05) is 6.92 Å². The van der Waals surface area contributed by atoms with Gasteiger partial charge in [0.15, 0.2) is 0 Å². The largest absolute Gasteiger partial charge is 0.549 e. The summed E-state index contributed by atoms with van der Waals surface area (Å²) in [7, 11) is 0. The molecule has 1 atom stereocenters. The molecule has 0 radical (unpaired) electrons. The SMILES string of the molecule is CCC(C(=O)[O-])C(=O)Cl. The smallest absolute Gasteiger partial charge is 0.230 e. The summed E-state index contributed by atoms with van der Waals surface area (Å²) in [6.45, 7) is 1.56. The first kappa shape index (κ1) is 8.43. The van der Waals surface area contributed by atoms with Crippen molar-refractivity contribution in [3.63, 3.8) is 0 Å². The van der Waals surface area contributed by atoms with E-state index in [1.807, 2.05) is 0 Å². The summed E-state index contributed by atoms with van der Waals surface area (Å²) in [4.78, 5) is 20.1. The second-order valence-electron chi connectivity index (χ2n) is 1.58. The van der Waals surface area contributed by atoms with Gasteiger partial charge in [0.25, 0.3) is 0 Å². The average Bonchev–Trinajstić information content (AvgIpc) is 1.64. The lowest BCUT2D eigenvalue weighted by Gasteiger charge is -2.08. The third-order valence-corrected chi connectivity index (χ3v) is 1.23. The van der Waals surface area contributed by atoms with E-state index in [9.17, 15) is 14.7 Å². The number of carboxylic acids is 1. The molecule has 0 rings (SSSR count). The minimum Gasteiger partial charge on any atom is -0.549 e. The Morgan fingerprint density at radius 2 is 2.11 bits per heavy atom. The van der Waals surface area contributed by atoms with Crippen LogP contribution in [0.4, 0.5) is 0 Å². The van der Waals surface area contributed by atoms with Crippen molar-refractivity contribution in [2.24, 2.45) is 5.92 Å². The molecule has 0 aromatic heterocycles. The van der Waals surface area contributed by atoms with Crippen molar-refractivity contribution in [3.05, 3.63) is 0 Å². The van der Waals surface area contributed by atoms with Crippen molar-refractivity contribution in [2.75, 3.05) is 0 Å². The quantitative estimate of drug-likeness (QED) is 0.403. The summed E-state index contributed by atoms with van der Waals surface area (Å²) in [6, 6.07) is 0. The van der Waals surface area contributed by atoms with Crippen LogP contribution >= 0.6 is 11.6 Å². The van der Waals surface area contributed by atoms with Gasteiger partial charge in [-0.3, -0.25) is 4.79 Å². The molecule has 0 aromatic carbocycles. The van der Waals surface area contributed by atoms with Crippen molar-refractivity contribution >= 4 is 22.8 Å². The molecule has 4 heteroatoms. The Balaban J connectivity index is 3.99. The number of carboxylic acid groups (broad SMARTS) is 1. The Kier molecular flexibility index (Phi) is 3.24. The molecule has 0 aliphatic heterocycles. The number of hydrogen-bond donors (Lipinski definition) is 0. The highest BCUT2D eigenvalue weighted by Crippen LogP contribution is 2.04. The lowest BCUT2D eigenvalue weighted by molar-refractivity contribution is -0.309. The standard InChI is InChI=1S/C5H7ClO3/c1-2-3(4(6)7)5(8)9/h3H,2H2,1H3,(H,8,9)/p-1. The van der Waals surface area contributed by atoms with E-state index in [2.05, 4.69) is 0 Å². The van der Waals surface area contributed by atoms with Crippen molar-refractivity contribution < 1.29 is 14.7 Å². The van der Waals surface area contributed by atoms with Gasteiger partial charge in [-0.05, 0) is 18.0 Å². The zero-order valence-electron chi connectivity index (χ0n) is 4.89. The molecule has 1 unspecified atom stereocenters. The molecule has 3 nitrogen and oxygen atoms in total. The van der Waals surface area contributed by atoms with E-state index in [4.69, 9.17) is 11.6 Å². The number of aliphatic carboxylic acids is 1. The number of rotatable bonds is 3. The predicted octanol–water partition coefficient (Wildman–Crippen LogP) is -0.472.